The highest BCUT2D eigenvalue weighted by atomic mass is 32.1. The number of ether oxygens (including phenoxy) is 2. The summed E-state index contributed by atoms with van der Waals surface area (Å²) >= 11 is 1.72. The van der Waals surface area contributed by atoms with Gasteiger partial charge in [-0.05, 0) is 54.2 Å². The van der Waals surface area contributed by atoms with Crippen molar-refractivity contribution in [3.05, 3.63) is 64.3 Å². The Morgan fingerprint density at radius 2 is 1.68 bits per heavy atom. The van der Waals surface area contributed by atoms with Crippen molar-refractivity contribution in [3.63, 3.8) is 0 Å². The highest BCUT2D eigenvalue weighted by molar-refractivity contribution is 7.07. The van der Waals surface area contributed by atoms with E-state index in [0.29, 0.717) is 0 Å². The molecule has 2 heterocycles. The van der Waals surface area contributed by atoms with Crippen molar-refractivity contribution < 1.29 is 9.47 Å². The molecule has 0 amide bonds. The van der Waals surface area contributed by atoms with Crippen LogP contribution in [0, 0.1) is 0 Å². The van der Waals surface area contributed by atoms with E-state index in [9.17, 15) is 0 Å². The molecular weight excluding hydrogens is 442 g/mol. The van der Waals surface area contributed by atoms with Crippen molar-refractivity contribution >= 4 is 17.0 Å². The molecular formula is C28H35N3O2S. The first-order chi connectivity index (χ1) is 16.8. The number of methoxy groups -OCH3 is 1. The Kier molecular flexibility index (Phi) is 7.79. The number of nitrogens with zero attached hydrogens (tertiary/aromatic N) is 3. The maximum Gasteiger partial charge on any atom is 0.190 e. The third-order valence-electron chi connectivity index (χ3n) is 7.12. The molecule has 0 spiro atoms. The van der Waals surface area contributed by atoms with E-state index in [1.54, 1.807) is 18.4 Å². The molecule has 6 heteroatoms. The van der Waals surface area contributed by atoms with E-state index in [0.717, 1.165) is 61.5 Å². The van der Waals surface area contributed by atoms with E-state index >= 15 is 0 Å². The van der Waals surface area contributed by atoms with Gasteiger partial charge in [-0.15, -0.1) is 11.3 Å². The summed E-state index contributed by atoms with van der Waals surface area (Å²) in [7, 11) is 1.69. The van der Waals surface area contributed by atoms with Gasteiger partial charge in [0.05, 0.1) is 31.7 Å². The Morgan fingerprint density at radius 3 is 2.38 bits per heavy atom. The number of morpholine rings is 1. The molecule has 3 aromatic rings. The van der Waals surface area contributed by atoms with Gasteiger partial charge in [-0.2, -0.15) is 0 Å². The van der Waals surface area contributed by atoms with Gasteiger partial charge < -0.3 is 14.0 Å². The van der Waals surface area contributed by atoms with Crippen LogP contribution >= 0.6 is 11.3 Å². The van der Waals surface area contributed by atoms with E-state index in [1.807, 2.05) is 24.3 Å². The second-order valence-electron chi connectivity index (χ2n) is 9.28. The molecule has 1 aromatic heterocycles. The Labute approximate surface area is 206 Å². The minimum atomic E-state index is 0.736. The summed E-state index contributed by atoms with van der Waals surface area (Å²) in [6.07, 6.45) is 6.81. The second-order valence-corrected chi connectivity index (χ2v) is 10.1. The van der Waals surface area contributed by atoms with Gasteiger partial charge in [0.25, 0.3) is 0 Å². The van der Waals surface area contributed by atoms with Gasteiger partial charge in [-0.1, -0.05) is 43.5 Å². The number of hydrogen-bond donors (Lipinski definition) is 0. The maximum atomic E-state index is 5.54. The van der Waals surface area contributed by atoms with Crippen molar-refractivity contribution in [3.8, 4) is 17.0 Å². The van der Waals surface area contributed by atoms with E-state index in [1.165, 1.54) is 48.9 Å². The minimum absolute atomic E-state index is 0.736. The van der Waals surface area contributed by atoms with Crippen LogP contribution in [0.3, 0.4) is 0 Å². The quantitative estimate of drug-likeness (QED) is 0.429. The van der Waals surface area contributed by atoms with Gasteiger partial charge in [0.1, 0.15) is 5.75 Å². The molecule has 180 valence electrons. The lowest BCUT2D eigenvalue weighted by molar-refractivity contribution is 0.0363. The molecule has 0 unspecified atom stereocenters. The van der Waals surface area contributed by atoms with Crippen LogP contribution in [0.1, 0.15) is 43.6 Å². The summed E-state index contributed by atoms with van der Waals surface area (Å²) < 4.78 is 13.2. The molecule has 5 nitrogen and oxygen atoms in total. The standard InChI is InChI=1S/C28H35N3O2S/c1-32-26-13-11-25(12-14-26)29-28-31(16-15-30-17-19-33-20-18-30)27(21-34-28)24-9-7-23(8-10-24)22-5-3-2-4-6-22/h7-14,21-22H,2-6,15-20H2,1H3. The lowest BCUT2D eigenvalue weighted by Crippen LogP contribution is -2.39. The maximum absolute atomic E-state index is 5.54. The summed E-state index contributed by atoms with van der Waals surface area (Å²) in [4.78, 5) is 8.52. The number of aromatic nitrogens is 1. The summed E-state index contributed by atoms with van der Waals surface area (Å²) in [6, 6.07) is 17.3. The number of thiazole rings is 1. The molecule has 0 bridgehead atoms. The van der Waals surface area contributed by atoms with Crippen molar-refractivity contribution in [2.45, 2.75) is 44.6 Å². The lowest BCUT2D eigenvalue weighted by Gasteiger charge is -2.27. The molecule has 1 saturated heterocycles. The van der Waals surface area contributed by atoms with E-state index < -0.39 is 0 Å². The fraction of sp³-hybridized carbons (Fsp3) is 0.464. The molecule has 5 rings (SSSR count). The largest absolute Gasteiger partial charge is 0.497 e. The van der Waals surface area contributed by atoms with Crippen molar-refractivity contribution in [1.82, 2.24) is 9.47 Å². The van der Waals surface area contributed by atoms with Crippen LogP contribution in [0.5, 0.6) is 5.75 Å². The zero-order valence-electron chi connectivity index (χ0n) is 20.1. The van der Waals surface area contributed by atoms with E-state index in [2.05, 4.69) is 39.1 Å². The molecule has 2 fully saturated rings. The number of rotatable bonds is 7. The molecule has 0 radical (unpaired) electrons. The Hall–Kier alpha value is -2.41. The van der Waals surface area contributed by atoms with Gasteiger partial charge in [-0.3, -0.25) is 4.90 Å². The number of benzene rings is 2. The first-order valence-corrected chi connectivity index (χ1v) is 13.5. The summed E-state index contributed by atoms with van der Waals surface area (Å²) in [5.74, 6) is 1.59. The van der Waals surface area contributed by atoms with Crippen LogP contribution in [0.2, 0.25) is 0 Å². The average molecular weight is 478 g/mol. The summed E-state index contributed by atoms with van der Waals surface area (Å²) in [5, 5.41) is 2.26. The normalized spacial score (nSPS) is 18.3. The molecule has 2 aliphatic rings. The topological polar surface area (TPSA) is 39.0 Å². The SMILES string of the molecule is COc1ccc(N=c2scc(-c3ccc(C4CCCCC4)cc3)n2CCN2CCOCC2)cc1. The second kappa shape index (κ2) is 11.3. The van der Waals surface area contributed by atoms with Crippen molar-refractivity contribution in [1.29, 1.82) is 0 Å². The van der Waals surface area contributed by atoms with Gasteiger partial charge >= 0.3 is 0 Å². The van der Waals surface area contributed by atoms with Crippen LogP contribution in [-0.2, 0) is 11.3 Å². The van der Waals surface area contributed by atoms with Crippen LogP contribution in [0.25, 0.3) is 11.3 Å². The smallest absolute Gasteiger partial charge is 0.190 e. The molecule has 0 N–H and O–H groups in total. The fourth-order valence-corrected chi connectivity index (χ4v) is 6.02. The fourth-order valence-electron chi connectivity index (χ4n) is 5.06. The van der Waals surface area contributed by atoms with Crippen molar-refractivity contribution in [2.75, 3.05) is 40.0 Å². The lowest BCUT2D eigenvalue weighted by atomic mass is 9.84. The van der Waals surface area contributed by atoms with Crippen LogP contribution in [0.15, 0.2) is 58.9 Å². The van der Waals surface area contributed by atoms with E-state index in [-0.39, 0.29) is 0 Å². The summed E-state index contributed by atoms with van der Waals surface area (Å²) in [6.45, 7) is 5.57. The van der Waals surface area contributed by atoms with Gasteiger partial charge in [0, 0.05) is 31.6 Å². The first kappa shape index (κ1) is 23.3. The monoisotopic (exact) mass is 477 g/mol. The van der Waals surface area contributed by atoms with Gasteiger partial charge in [0.2, 0.25) is 0 Å². The molecule has 1 saturated carbocycles. The molecule has 34 heavy (non-hydrogen) atoms. The average Bonchev–Trinajstić information content (AvgIpc) is 3.31. The Morgan fingerprint density at radius 1 is 0.941 bits per heavy atom. The van der Waals surface area contributed by atoms with Gasteiger partial charge in [0.15, 0.2) is 4.80 Å². The van der Waals surface area contributed by atoms with Crippen LogP contribution in [0.4, 0.5) is 5.69 Å². The van der Waals surface area contributed by atoms with E-state index in [4.69, 9.17) is 14.5 Å². The number of hydrogen-bond acceptors (Lipinski definition) is 5. The minimum Gasteiger partial charge on any atom is -0.497 e. The molecule has 0 atom stereocenters. The third-order valence-corrected chi connectivity index (χ3v) is 7.98. The van der Waals surface area contributed by atoms with Crippen LogP contribution < -0.4 is 9.54 Å². The zero-order valence-corrected chi connectivity index (χ0v) is 20.9. The molecule has 1 aliphatic carbocycles. The Bertz CT molecular complexity index is 1110. The predicted octanol–water partition coefficient (Wildman–Crippen LogP) is 5.84. The molecule has 1 aliphatic heterocycles. The van der Waals surface area contributed by atoms with Crippen molar-refractivity contribution in [2.24, 2.45) is 4.99 Å². The summed E-state index contributed by atoms with van der Waals surface area (Å²) in [5.41, 5.74) is 4.97. The highest BCUT2D eigenvalue weighted by Crippen LogP contribution is 2.33. The van der Waals surface area contributed by atoms with Crippen LogP contribution in [-0.4, -0.2) is 49.4 Å². The predicted molar refractivity (Wildman–Crippen MR) is 139 cm³/mol. The Balaban J connectivity index is 1.43. The molecule has 2 aromatic carbocycles. The highest BCUT2D eigenvalue weighted by Gasteiger charge is 2.17. The third kappa shape index (κ3) is 5.62. The van der Waals surface area contributed by atoms with Gasteiger partial charge in [-0.25, -0.2) is 4.99 Å². The zero-order chi connectivity index (χ0) is 23.2. The first-order valence-electron chi connectivity index (χ1n) is 12.6.